The lowest BCUT2D eigenvalue weighted by molar-refractivity contribution is 0.239. The average molecular weight is 509 g/mol. The van der Waals surface area contributed by atoms with Crippen LogP contribution in [0.3, 0.4) is 0 Å². The number of sulfone groups is 1. The van der Waals surface area contributed by atoms with Gasteiger partial charge in [0.25, 0.3) is 0 Å². The van der Waals surface area contributed by atoms with Crippen molar-refractivity contribution in [2.75, 3.05) is 18.1 Å². The van der Waals surface area contributed by atoms with Crippen LogP contribution in [0.25, 0.3) is 0 Å². The quantitative estimate of drug-likeness (QED) is 0.346. The summed E-state index contributed by atoms with van der Waals surface area (Å²) in [5.74, 6) is 3.70. The molecule has 4 unspecified atom stereocenters. The molecule has 4 aliphatic rings. The molecule has 0 radical (unpaired) electrons. The Balaban J connectivity index is 0.00000210. The van der Waals surface area contributed by atoms with E-state index in [-0.39, 0.29) is 29.9 Å². The highest BCUT2D eigenvalue weighted by Crippen LogP contribution is 2.42. The molecule has 1 heterocycles. The molecule has 4 rings (SSSR count). The van der Waals surface area contributed by atoms with Gasteiger partial charge in [0.05, 0.1) is 11.5 Å². The largest absolute Gasteiger partial charge is 0.354 e. The van der Waals surface area contributed by atoms with Crippen LogP contribution in [0.1, 0.15) is 70.6 Å². The molecule has 5 nitrogen and oxygen atoms in total. The summed E-state index contributed by atoms with van der Waals surface area (Å²) in [5.41, 5.74) is 0. The van der Waals surface area contributed by atoms with Gasteiger partial charge in [-0.05, 0) is 56.3 Å². The number of nitrogens with one attached hydrogen (secondary N) is 2. The van der Waals surface area contributed by atoms with E-state index in [0.717, 1.165) is 24.2 Å². The molecule has 0 aromatic carbocycles. The van der Waals surface area contributed by atoms with Crippen LogP contribution in [0.2, 0.25) is 0 Å². The fraction of sp³-hybridized carbons (Fsp3) is 0.950. The molecular formula is C20H36IN3O2S. The molecule has 3 aliphatic carbocycles. The van der Waals surface area contributed by atoms with Gasteiger partial charge in [0.2, 0.25) is 0 Å². The molecule has 4 fully saturated rings. The van der Waals surface area contributed by atoms with Crippen molar-refractivity contribution >= 4 is 39.8 Å². The second-order valence-corrected chi connectivity index (χ2v) is 11.4. The summed E-state index contributed by atoms with van der Waals surface area (Å²) >= 11 is 0. The van der Waals surface area contributed by atoms with E-state index in [1.807, 2.05) is 0 Å². The molecule has 1 saturated heterocycles. The van der Waals surface area contributed by atoms with Gasteiger partial charge in [-0.25, -0.2) is 8.42 Å². The van der Waals surface area contributed by atoms with E-state index in [1.54, 1.807) is 0 Å². The Bertz CT molecular complexity index is 619. The zero-order chi connectivity index (χ0) is 18.0. The SMILES string of the molecule is I.O=S1(=O)CCC(CN=C(NC2CCCC2)NC2CCC3CCCC3C2)C1. The molecule has 0 aromatic rings. The van der Waals surface area contributed by atoms with Crippen molar-refractivity contribution in [3.63, 3.8) is 0 Å². The summed E-state index contributed by atoms with van der Waals surface area (Å²) in [6, 6.07) is 1.07. The van der Waals surface area contributed by atoms with E-state index < -0.39 is 9.84 Å². The number of hydrogen-bond donors (Lipinski definition) is 2. The zero-order valence-corrected chi connectivity index (χ0v) is 19.5. The molecule has 156 valence electrons. The molecule has 3 saturated carbocycles. The Morgan fingerprint density at radius 1 is 0.852 bits per heavy atom. The number of rotatable bonds is 4. The summed E-state index contributed by atoms with van der Waals surface area (Å²) in [7, 11) is -2.81. The van der Waals surface area contributed by atoms with Crippen molar-refractivity contribution in [3.05, 3.63) is 0 Å². The number of fused-ring (bicyclic) bond motifs is 1. The van der Waals surface area contributed by atoms with E-state index in [9.17, 15) is 8.42 Å². The van der Waals surface area contributed by atoms with Crippen molar-refractivity contribution in [2.24, 2.45) is 22.7 Å². The van der Waals surface area contributed by atoms with Crippen LogP contribution in [-0.4, -0.2) is 44.5 Å². The lowest BCUT2D eigenvalue weighted by Crippen LogP contribution is -2.48. The fourth-order valence-corrected chi connectivity index (χ4v) is 7.51. The summed E-state index contributed by atoms with van der Waals surface area (Å²) in [6.07, 6.45) is 14.0. The number of nitrogens with zero attached hydrogens (tertiary/aromatic N) is 1. The maximum Gasteiger partial charge on any atom is 0.191 e. The third-order valence-electron chi connectivity index (χ3n) is 7.16. The smallest absolute Gasteiger partial charge is 0.191 e. The van der Waals surface area contributed by atoms with Crippen LogP contribution < -0.4 is 10.6 Å². The number of halogens is 1. The van der Waals surface area contributed by atoms with Gasteiger partial charge in [-0.3, -0.25) is 4.99 Å². The monoisotopic (exact) mass is 509 g/mol. The van der Waals surface area contributed by atoms with Crippen molar-refractivity contribution in [2.45, 2.75) is 82.7 Å². The third kappa shape index (κ3) is 5.97. The first-order chi connectivity index (χ1) is 12.6. The fourth-order valence-electron chi connectivity index (χ4n) is 5.66. The molecule has 0 bridgehead atoms. The molecule has 27 heavy (non-hydrogen) atoms. The van der Waals surface area contributed by atoms with Gasteiger partial charge in [0.1, 0.15) is 0 Å². The van der Waals surface area contributed by atoms with Crippen LogP contribution in [0, 0.1) is 17.8 Å². The van der Waals surface area contributed by atoms with E-state index >= 15 is 0 Å². The minimum absolute atomic E-state index is 0. The predicted octanol–water partition coefficient (Wildman–Crippen LogP) is 3.49. The molecule has 4 atom stereocenters. The molecule has 0 aromatic heterocycles. The topological polar surface area (TPSA) is 70.6 Å². The Labute approximate surface area is 181 Å². The minimum Gasteiger partial charge on any atom is -0.354 e. The molecular weight excluding hydrogens is 473 g/mol. The summed E-state index contributed by atoms with van der Waals surface area (Å²) in [4.78, 5) is 4.84. The highest BCUT2D eigenvalue weighted by molar-refractivity contribution is 14.0. The van der Waals surface area contributed by atoms with Gasteiger partial charge in [0, 0.05) is 18.6 Å². The maximum atomic E-state index is 11.7. The van der Waals surface area contributed by atoms with Crippen molar-refractivity contribution < 1.29 is 8.42 Å². The standard InChI is InChI=1S/C20H35N3O2S.HI/c24-26(25)11-10-15(14-26)13-21-20(22-18-6-1-2-7-18)23-19-9-8-16-4-3-5-17(16)12-19;/h15-19H,1-14H2,(H2,21,22,23);1H. The van der Waals surface area contributed by atoms with Gasteiger partial charge in [-0.1, -0.05) is 32.1 Å². The van der Waals surface area contributed by atoms with Crippen molar-refractivity contribution in [1.82, 2.24) is 10.6 Å². The van der Waals surface area contributed by atoms with E-state index in [0.29, 0.717) is 30.1 Å². The molecule has 0 amide bonds. The van der Waals surface area contributed by atoms with Crippen LogP contribution in [-0.2, 0) is 9.84 Å². The van der Waals surface area contributed by atoms with Crippen LogP contribution in [0.15, 0.2) is 4.99 Å². The number of guanidine groups is 1. The minimum atomic E-state index is -2.81. The van der Waals surface area contributed by atoms with E-state index in [1.165, 1.54) is 64.2 Å². The van der Waals surface area contributed by atoms with Gasteiger partial charge >= 0.3 is 0 Å². The Morgan fingerprint density at radius 3 is 2.33 bits per heavy atom. The first-order valence-electron chi connectivity index (χ1n) is 10.9. The Morgan fingerprint density at radius 2 is 1.59 bits per heavy atom. The summed E-state index contributed by atoms with van der Waals surface area (Å²) in [5, 5.41) is 7.39. The van der Waals surface area contributed by atoms with E-state index in [2.05, 4.69) is 10.6 Å². The van der Waals surface area contributed by atoms with Crippen LogP contribution in [0.4, 0.5) is 0 Å². The molecule has 7 heteroatoms. The molecule has 1 aliphatic heterocycles. The lowest BCUT2D eigenvalue weighted by Gasteiger charge is -2.33. The second kappa shape index (κ2) is 9.63. The van der Waals surface area contributed by atoms with Crippen molar-refractivity contribution in [3.8, 4) is 0 Å². The van der Waals surface area contributed by atoms with E-state index in [4.69, 9.17) is 4.99 Å². The Hall–Kier alpha value is -0.0500. The molecule has 0 spiro atoms. The summed E-state index contributed by atoms with van der Waals surface area (Å²) in [6.45, 7) is 0.639. The average Bonchev–Trinajstić information content (AvgIpc) is 3.33. The third-order valence-corrected chi connectivity index (χ3v) is 9.00. The van der Waals surface area contributed by atoms with Gasteiger partial charge in [0.15, 0.2) is 15.8 Å². The van der Waals surface area contributed by atoms with Gasteiger partial charge in [-0.2, -0.15) is 0 Å². The lowest BCUT2D eigenvalue weighted by atomic mass is 9.79. The Kier molecular flexibility index (Phi) is 7.73. The summed E-state index contributed by atoms with van der Waals surface area (Å²) < 4.78 is 23.4. The predicted molar refractivity (Wildman–Crippen MR) is 121 cm³/mol. The highest BCUT2D eigenvalue weighted by Gasteiger charge is 2.34. The van der Waals surface area contributed by atoms with Gasteiger partial charge in [-0.15, -0.1) is 24.0 Å². The molecule has 2 N–H and O–H groups in total. The van der Waals surface area contributed by atoms with Crippen LogP contribution >= 0.6 is 24.0 Å². The first kappa shape index (κ1) is 21.7. The maximum absolute atomic E-state index is 11.7. The normalized spacial score (nSPS) is 36.2. The number of hydrogen-bond acceptors (Lipinski definition) is 3. The first-order valence-corrected chi connectivity index (χ1v) is 12.7. The van der Waals surface area contributed by atoms with Crippen molar-refractivity contribution in [1.29, 1.82) is 0 Å². The second-order valence-electron chi connectivity index (χ2n) is 9.19. The van der Waals surface area contributed by atoms with Crippen LogP contribution in [0.5, 0.6) is 0 Å². The number of aliphatic imine (C=N–C) groups is 1. The zero-order valence-electron chi connectivity index (χ0n) is 16.4. The highest BCUT2D eigenvalue weighted by atomic mass is 127. The van der Waals surface area contributed by atoms with Gasteiger partial charge < -0.3 is 10.6 Å².